The number of fused-ring (bicyclic) bond motifs is 2. The number of hydrogen-bond donors (Lipinski definition) is 0. The summed E-state index contributed by atoms with van der Waals surface area (Å²) in [6.07, 6.45) is 1.76. The van der Waals surface area contributed by atoms with Crippen LogP contribution in [0.3, 0.4) is 0 Å². The van der Waals surface area contributed by atoms with Gasteiger partial charge in [0.25, 0.3) is 5.69 Å². The molecule has 27 heavy (non-hydrogen) atoms. The normalized spacial score (nSPS) is 12.9. The van der Waals surface area contributed by atoms with Gasteiger partial charge in [0.05, 0.1) is 36.5 Å². The molecule has 8 heteroatoms. The number of rotatable bonds is 4. The van der Waals surface area contributed by atoms with Gasteiger partial charge >= 0.3 is 0 Å². The predicted molar refractivity (Wildman–Crippen MR) is 98.6 cm³/mol. The summed E-state index contributed by atoms with van der Waals surface area (Å²) in [4.78, 5) is 16.6. The number of halogens is 1. The highest BCUT2D eigenvalue weighted by Crippen LogP contribution is 2.43. The fourth-order valence-electron chi connectivity index (χ4n) is 3.49. The first kappa shape index (κ1) is 17.0. The lowest BCUT2D eigenvalue weighted by atomic mass is 10.1. The fraction of sp³-hybridized carbons (Fsp3) is 0.211. The zero-order valence-electron chi connectivity index (χ0n) is 14.7. The highest BCUT2D eigenvalue weighted by molar-refractivity contribution is 5.96. The van der Waals surface area contributed by atoms with Gasteiger partial charge in [-0.25, -0.2) is 4.39 Å². The number of aromatic nitrogens is 1. The monoisotopic (exact) mass is 369 g/mol. The van der Waals surface area contributed by atoms with E-state index in [1.54, 1.807) is 24.3 Å². The van der Waals surface area contributed by atoms with E-state index in [-0.39, 0.29) is 5.69 Å². The van der Waals surface area contributed by atoms with Gasteiger partial charge < -0.3 is 14.4 Å². The minimum absolute atomic E-state index is 0.0297. The molecular weight excluding hydrogens is 353 g/mol. The van der Waals surface area contributed by atoms with E-state index in [9.17, 15) is 14.5 Å². The first-order valence-corrected chi connectivity index (χ1v) is 8.28. The van der Waals surface area contributed by atoms with Crippen molar-refractivity contribution in [1.29, 1.82) is 0 Å². The first-order valence-electron chi connectivity index (χ1n) is 8.28. The molecule has 0 N–H and O–H groups in total. The van der Waals surface area contributed by atoms with Gasteiger partial charge in [-0.3, -0.25) is 15.1 Å². The molecular formula is C19H16FN3O4. The quantitative estimate of drug-likeness (QED) is 0.511. The molecule has 7 nitrogen and oxygen atoms in total. The van der Waals surface area contributed by atoms with Crippen LogP contribution in [-0.4, -0.2) is 30.7 Å². The van der Waals surface area contributed by atoms with Crippen molar-refractivity contribution in [3.63, 3.8) is 0 Å². The van der Waals surface area contributed by atoms with Crippen molar-refractivity contribution in [1.82, 2.24) is 4.98 Å². The zero-order valence-corrected chi connectivity index (χ0v) is 14.7. The van der Waals surface area contributed by atoms with E-state index in [0.29, 0.717) is 41.1 Å². The Morgan fingerprint density at radius 1 is 1.19 bits per heavy atom. The molecule has 0 bridgehead atoms. The van der Waals surface area contributed by atoms with Crippen LogP contribution in [0.15, 0.2) is 36.5 Å². The molecule has 0 atom stereocenters. The maximum atomic E-state index is 14.8. The Bertz CT molecular complexity index is 1070. The van der Waals surface area contributed by atoms with Crippen molar-refractivity contribution >= 4 is 28.0 Å². The molecule has 0 fully saturated rings. The largest absolute Gasteiger partial charge is 0.493 e. The van der Waals surface area contributed by atoms with E-state index >= 15 is 0 Å². The molecule has 0 amide bonds. The third-order valence-electron chi connectivity index (χ3n) is 4.74. The van der Waals surface area contributed by atoms with E-state index < -0.39 is 10.7 Å². The van der Waals surface area contributed by atoms with E-state index in [0.717, 1.165) is 11.3 Å². The number of nitro groups is 1. The molecule has 1 aliphatic heterocycles. The highest BCUT2D eigenvalue weighted by atomic mass is 19.1. The molecule has 2 heterocycles. The van der Waals surface area contributed by atoms with Crippen molar-refractivity contribution < 1.29 is 18.8 Å². The van der Waals surface area contributed by atoms with E-state index in [1.165, 1.54) is 26.5 Å². The van der Waals surface area contributed by atoms with Crippen molar-refractivity contribution in [2.45, 2.75) is 6.42 Å². The standard InChI is InChI=1S/C19H16FN3O4/c1-26-17-8-13-15(9-18(17)27-2)21-10-14(20)19(13)22-6-5-11-7-12(23(24)25)3-4-16(11)22/h3-4,7-10H,5-6H2,1-2H3. The number of non-ortho nitro benzene ring substituents is 1. The fourth-order valence-corrected chi connectivity index (χ4v) is 3.49. The minimum atomic E-state index is -0.471. The number of anilines is 2. The molecule has 0 spiro atoms. The van der Waals surface area contributed by atoms with Crippen LogP contribution in [0.5, 0.6) is 11.5 Å². The van der Waals surface area contributed by atoms with Gasteiger partial charge in [-0.2, -0.15) is 0 Å². The lowest BCUT2D eigenvalue weighted by Gasteiger charge is -2.22. The van der Waals surface area contributed by atoms with Crippen LogP contribution in [-0.2, 0) is 6.42 Å². The number of methoxy groups -OCH3 is 2. The number of hydrogen-bond acceptors (Lipinski definition) is 6. The summed E-state index contributed by atoms with van der Waals surface area (Å²) in [5.74, 6) is 0.509. The molecule has 0 saturated heterocycles. The lowest BCUT2D eigenvalue weighted by molar-refractivity contribution is -0.384. The molecule has 4 rings (SSSR count). The van der Waals surface area contributed by atoms with Gasteiger partial charge in [-0.15, -0.1) is 0 Å². The Hall–Kier alpha value is -3.42. The topological polar surface area (TPSA) is 77.7 Å². The van der Waals surface area contributed by atoms with E-state index in [2.05, 4.69) is 4.98 Å². The van der Waals surface area contributed by atoms with Crippen LogP contribution in [0.2, 0.25) is 0 Å². The maximum absolute atomic E-state index is 14.8. The number of pyridine rings is 1. The summed E-state index contributed by atoms with van der Waals surface area (Å²) in [5, 5.41) is 11.6. The summed E-state index contributed by atoms with van der Waals surface area (Å²) < 4.78 is 25.4. The Labute approximate surface area is 154 Å². The van der Waals surface area contributed by atoms with Gasteiger partial charge in [0, 0.05) is 35.8 Å². The molecule has 1 aliphatic rings. The highest BCUT2D eigenvalue weighted by Gasteiger charge is 2.27. The second kappa shape index (κ2) is 6.39. The molecule has 0 unspecified atom stereocenters. The van der Waals surface area contributed by atoms with E-state index in [1.807, 2.05) is 4.90 Å². The Morgan fingerprint density at radius 3 is 2.63 bits per heavy atom. The molecule has 2 aromatic carbocycles. The third-order valence-corrected chi connectivity index (χ3v) is 4.74. The second-order valence-electron chi connectivity index (χ2n) is 6.15. The van der Waals surface area contributed by atoms with Gasteiger partial charge in [-0.1, -0.05) is 0 Å². The summed E-state index contributed by atoms with van der Waals surface area (Å²) in [6, 6.07) is 8.03. The summed E-state index contributed by atoms with van der Waals surface area (Å²) in [5.41, 5.74) is 2.53. The van der Waals surface area contributed by atoms with Crippen molar-refractivity contribution in [3.8, 4) is 11.5 Å². The van der Waals surface area contributed by atoms with Gasteiger partial charge in [0.15, 0.2) is 17.3 Å². The molecule has 0 aliphatic carbocycles. The van der Waals surface area contributed by atoms with Crippen LogP contribution in [0.1, 0.15) is 5.56 Å². The van der Waals surface area contributed by atoms with Gasteiger partial charge in [0.1, 0.15) is 0 Å². The number of nitro benzene ring substituents is 1. The van der Waals surface area contributed by atoms with Crippen molar-refractivity contribution in [2.75, 3.05) is 25.7 Å². The van der Waals surface area contributed by atoms with Crippen LogP contribution in [0, 0.1) is 15.9 Å². The third kappa shape index (κ3) is 2.69. The average molecular weight is 369 g/mol. The number of ether oxygens (including phenoxy) is 2. The average Bonchev–Trinajstić information content (AvgIpc) is 3.09. The van der Waals surface area contributed by atoms with Crippen LogP contribution < -0.4 is 14.4 Å². The van der Waals surface area contributed by atoms with Crippen molar-refractivity contribution in [2.24, 2.45) is 0 Å². The Balaban J connectivity index is 1.90. The minimum Gasteiger partial charge on any atom is -0.493 e. The molecule has 0 saturated carbocycles. The number of nitrogens with zero attached hydrogens (tertiary/aromatic N) is 3. The summed E-state index contributed by atoms with van der Waals surface area (Å²) in [6.45, 7) is 0.515. The van der Waals surface area contributed by atoms with Crippen LogP contribution in [0.25, 0.3) is 10.9 Å². The maximum Gasteiger partial charge on any atom is 0.269 e. The Kier molecular flexibility index (Phi) is 4.02. The Morgan fingerprint density at radius 2 is 1.93 bits per heavy atom. The predicted octanol–water partition coefficient (Wildman–Crippen LogP) is 3.99. The smallest absolute Gasteiger partial charge is 0.269 e. The molecule has 1 aromatic heterocycles. The first-order chi connectivity index (χ1) is 13.0. The van der Waals surface area contributed by atoms with Crippen LogP contribution in [0.4, 0.5) is 21.5 Å². The summed E-state index contributed by atoms with van der Waals surface area (Å²) in [7, 11) is 3.04. The summed E-state index contributed by atoms with van der Waals surface area (Å²) >= 11 is 0. The molecule has 0 radical (unpaired) electrons. The SMILES string of the molecule is COc1cc2ncc(F)c(N3CCc4cc([N+](=O)[O-])ccc43)c2cc1OC. The van der Waals surface area contributed by atoms with Crippen LogP contribution >= 0.6 is 0 Å². The lowest BCUT2D eigenvalue weighted by Crippen LogP contribution is -2.15. The second-order valence-corrected chi connectivity index (χ2v) is 6.15. The molecule has 138 valence electrons. The zero-order chi connectivity index (χ0) is 19.1. The van der Waals surface area contributed by atoms with Crippen molar-refractivity contribution in [3.05, 3.63) is 58.0 Å². The van der Waals surface area contributed by atoms with Gasteiger partial charge in [-0.05, 0) is 24.1 Å². The van der Waals surface area contributed by atoms with Gasteiger partial charge in [0.2, 0.25) is 0 Å². The number of benzene rings is 2. The van der Waals surface area contributed by atoms with E-state index in [4.69, 9.17) is 9.47 Å². The molecule has 3 aromatic rings.